The first kappa shape index (κ1) is 19.6. The van der Waals surface area contributed by atoms with Crippen LogP contribution in [0.4, 0.5) is 11.4 Å². The first-order valence-corrected chi connectivity index (χ1v) is 9.72. The Bertz CT molecular complexity index is 894. The Morgan fingerprint density at radius 3 is 2.18 bits per heavy atom. The van der Waals surface area contributed by atoms with Crippen LogP contribution in [-0.4, -0.2) is 28.4 Å². The summed E-state index contributed by atoms with van der Waals surface area (Å²) in [4.78, 5) is 21.7. The van der Waals surface area contributed by atoms with E-state index in [4.69, 9.17) is 0 Å². The lowest BCUT2D eigenvalue weighted by Crippen LogP contribution is -2.36. The fourth-order valence-corrected chi connectivity index (χ4v) is 3.25. The molecule has 3 aromatic rings. The van der Waals surface area contributed by atoms with Gasteiger partial charge in [-0.1, -0.05) is 48.5 Å². The Morgan fingerprint density at radius 1 is 0.929 bits per heavy atom. The molecule has 0 bridgehead atoms. The molecule has 0 aliphatic heterocycles. The van der Waals surface area contributed by atoms with Crippen molar-refractivity contribution in [2.24, 2.45) is 0 Å². The van der Waals surface area contributed by atoms with Crippen LogP contribution in [0.1, 0.15) is 36.7 Å². The van der Waals surface area contributed by atoms with Gasteiger partial charge in [0.25, 0.3) is 5.91 Å². The zero-order valence-corrected chi connectivity index (χ0v) is 16.7. The number of hydrogen-bond donors (Lipinski definition) is 0. The molecule has 28 heavy (non-hydrogen) atoms. The minimum absolute atomic E-state index is 0.00248. The summed E-state index contributed by atoms with van der Waals surface area (Å²) < 4.78 is 0. The minimum atomic E-state index is -0.00248. The molecule has 0 saturated heterocycles. The Balaban J connectivity index is 1.88. The molecule has 0 radical (unpaired) electrons. The third-order valence-electron chi connectivity index (χ3n) is 4.75. The number of benzene rings is 2. The lowest BCUT2D eigenvalue weighted by Gasteiger charge is -2.28. The maximum atomic E-state index is 13.3. The maximum absolute atomic E-state index is 13.3. The van der Waals surface area contributed by atoms with Crippen molar-refractivity contribution in [3.63, 3.8) is 0 Å². The van der Waals surface area contributed by atoms with Gasteiger partial charge in [0.1, 0.15) is 0 Å². The minimum Gasteiger partial charge on any atom is -0.340 e. The Labute approximate surface area is 167 Å². The molecule has 0 atom stereocenters. The van der Waals surface area contributed by atoms with Gasteiger partial charge in [-0.3, -0.25) is 9.78 Å². The van der Waals surface area contributed by atoms with E-state index in [0.29, 0.717) is 12.1 Å². The van der Waals surface area contributed by atoms with Crippen molar-refractivity contribution in [3.05, 3.63) is 90.3 Å². The fourth-order valence-electron chi connectivity index (χ4n) is 3.25. The van der Waals surface area contributed by atoms with Crippen LogP contribution in [0.3, 0.4) is 0 Å². The van der Waals surface area contributed by atoms with E-state index in [2.05, 4.69) is 28.9 Å². The highest BCUT2D eigenvalue weighted by Gasteiger charge is 2.20. The van der Waals surface area contributed by atoms with E-state index >= 15 is 0 Å². The SMILES string of the molecule is CCN(c1ccccc1)c1cncc(C(=O)N(Cc2ccccc2)C(C)C)c1. The second kappa shape index (κ2) is 9.18. The van der Waals surface area contributed by atoms with Gasteiger partial charge in [-0.25, -0.2) is 0 Å². The third-order valence-corrected chi connectivity index (χ3v) is 4.75. The topological polar surface area (TPSA) is 36.4 Å². The van der Waals surface area contributed by atoms with Crippen LogP contribution < -0.4 is 4.90 Å². The van der Waals surface area contributed by atoms with Crippen LogP contribution in [0.25, 0.3) is 0 Å². The number of rotatable bonds is 7. The summed E-state index contributed by atoms with van der Waals surface area (Å²) in [5.41, 5.74) is 3.73. The van der Waals surface area contributed by atoms with E-state index in [1.54, 1.807) is 6.20 Å². The number of carbonyl (C=O) groups is 1. The van der Waals surface area contributed by atoms with Crippen LogP contribution in [0, 0.1) is 0 Å². The van der Waals surface area contributed by atoms with Gasteiger partial charge < -0.3 is 9.80 Å². The van der Waals surface area contributed by atoms with E-state index in [1.807, 2.05) is 79.5 Å². The molecular formula is C24H27N3O. The Morgan fingerprint density at radius 2 is 1.57 bits per heavy atom. The molecule has 0 fully saturated rings. The summed E-state index contributed by atoms with van der Waals surface area (Å²) in [6.45, 7) is 7.55. The van der Waals surface area contributed by atoms with Crippen molar-refractivity contribution in [1.29, 1.82) is 0 Å². The number of nitrogens with zero attached hydrogens (tertiary/aromatic N) is 3. The number of amides is 1. The van der Waals surface area contributed by atoms with Gasteiger partial charge in [0, 0.05) is 31.0 Å². The summed E-state index contributed by atoms with van der Waals surface area (Å²) in [5, 5.41) is 0. The van der Waals surface area contributed by atoms with E-state index in [-0.39, 0.29) is 11.9 Å². The van der Waals surface area contributed by atoms with Crippen molar-refractivity contribution < 1.29 is 4.79 Å². The van der Waals surface area contributed by atoms with E-state index in [1.165, 1.54) is 0 Å². The molecule has 0 saturated carbocycles. The zero-order valence-electron chi connectivity index (χ0n) is 16.7. The van der Waals surface area contributed by atoms with Crippen LogP contribution in [0.15, 0.2) is 79.1 Å². The summed E-state index contributed by atoms with van der Waals surface area (Å²) in [5.74, 6) is -0.00248. The molecule has 4 nitrogen and oxygen atoms in total. The molecule has 2 aromatic carbocycles. The van der Waals surface area contributed by atoms with Crippen molar-refractivity contribution in [1.82, 2.24) is 9.88 Å². The van der Waals surface area contributed by atoms with E-state index in [0.717, 1.165) is 23.5 Å². The Hall–Kier alpha value is -3.14. The van der Waals surface area contributed by atoms with Gasteiger partial charge in [-0.2, -0.15) is 0 Å². The average molecular weight is 374 g/mol. The van der Waals surface area contributed by atoms with Crippen LogP contribution in [0.2, 0.25) is 0 Å². The van der Waals surface area contributed by atoms with Gasteiger partial charge in [0.15, 0.2) is 0 Å². The predicted octanol–water partition coefficient (Wildman–Crippen LogP) is 5.29. The van der Waals surface area contributed by atoms with Crippen LogP contribution in [-0.2, 0) is 6.54 Å². The van der Waals surface area contributed by atoms with E-state index < -0.39 is 0 Å². The average Bonchev–Trinajstić information content (AvgIpc) is 2.74. The number of para-hydroxylation sites is 1. The highest BCUT2D eigenvalue weighted by Crippen LogP contribution is 2.25. The summed E-state index contributed by atoms with van der Waals surface area (Å²) >= 11 is 0. The first-order valence-electron chi connectivity index (χ1n) is 9.72. The first-order chi connectivity index (χ1) is 13.6. The number of carbonyl (C=O) groups excluding carboxylic acids is 1. The summed E-state index contributed by atoms with van der Waals surface area (Å²) in [7, 11) is 0. The van der Waals surface area contributed by atoms with Crippen molar-refractivity contribution >= 4 is 17.3 Å². The quantitative estimate of drug-likeness (QED) is 0.564. The van der Waals surface area contributed by atoms with Gasteiger partial charge in [-0.15, -0.1) is 0 Å². The van der Waals surface area contributed by atoms with Gasteiger partial charge in [0.2, 0.25) is 0 Å². The molecule has 1 heterocycles. The summed E-state index contributed by atoms with van der Waals surface area (Å²) in [6, 6.07) is 22.3. The molecule has 1 amide bonds. The molecule has 4 heteroatoms. The predicted molar refractivity (Wildman–Crippen MR) is 115 cm³/mol. The van der Waals surface area contributed by atoms with E-state index in [9.17, 15) is 4.79 Å². The molecule has 0 aliphatic carbocycles. The molecule has 3 rings (SSSR count). The number of pyridine rings is 1. The molecule has 0 spiro atoms. The highest BCUT2D eigenvalue weighted by atomic mass is 16.2. The molecule has 0 aliphatic rings. The molecule has 0 N–H and O–H groups in total. The normalized spacial score (nSPS) is 10.7. The molecule has 0 unspecified atom stereocenters. The lowest BCUT2D eigenvalue weighted by atomic mass is 10.1. The standard InChI is InChI=1S/C24H27N3O/c1-4-26(22-13-9-6-10-14-22)23-15-21(16-25-17-23)24(28)27(19(2)3)18-20-11-7-5-8-12-20/h5-17,19H,4,18H2,1-3H3. The zero-order chi connectivity index (χ0) is 19.9. The van der Waals surface area contributed by atoms with Crippen molar-refractivity contribution in [3.8, 4) is 0 Å². The second-order valence-corrected chi connectivity index (χ2v) is 7.02. The monoisotopic (exact) mass is 373 g/mol. The maximum Gasteiger partial charge on any atom is 0.256 e. The molecule has 1 aromatic heterocycles. The molecule has 144 valence electrons. The smallest absolute Gasteiger partial charge is 0.256 e. The second-order valence-electron chi connectivity index (χ2n) is 7.02. The van der Waals surface area contributed by atoms with Gasteiger partial charge >= 0.3 is 0 Å². The lowest BCUT2D eigenvalue weighted by molar-refractivity contribution is 0.0690. The molecular weight excluding hydrogens is 346 g/mol. The van der Waals surface area contributed by atoms with Crippen molar-refractivity contribution in [2.75, 3.05) is 11.4 Å². The highest BCUT2D eigenvalue weighted by molar-refractivity contribution is 5.95. The largest absolute Gasteiger partial charge is 0.340 e. The van der Waals surface area contributed by atoms with Crippen LogP contribution in [0.5, 0.6) is 0 Å². The van der Waals surface area contributed by atoms with Gasteiger partial charge in [0.05, 0.1) is 17.4 Å². The third kappa shape index (κ3) is 4.58. The van der Waals surface area contributed by atoms with Crippen LogP contribution >= 0.6 is 0 Å². The number of hydrogen-bond acceptors (Lipinski definition) is 3. The fraction of sp³-hybridized carbons (Fsp3) is 0.250. The van der Waals surface area contributed by atoms with Crippen molar-refractivity contribution in [2.45, 2.75) is 33.4 Å². The number of aromatic nitrogens is 1. The Kier molecular flexibility index (Phi) is 6.43. The van der Waals surface area contributed by atoms with Gasteiger partial charge in [-0.05, 0) is 44.5 Å². The number of anilines is 2. The summed E-state index contributed by atoms with van der Waals surface area (Å²) in [6.07, 6.45) is 3.47.